The van der Waals surface area contributed by atoms with Gasteiger partial charge >= 0.3 is 0 Å². The number of nitrogens with one attached hydrogen (secondary N) is 2. The zero-order valence-electron chi connectivity index (χ0n) is 11.8. The minimum absolute atomic E-state index is 0.244. The zero-order valence-corrected chi connectivity index (χ0v) is 11.8. The van der Waals surface area contributed by atoms with Gasteiger partial charge in [0, 0.05) is 18.3 Å². The van der Waals surface area contributed by atoms with Crippen LogP contribution in [0.25, 0.3) is 0 Å². The highest BCUT2D eigenvalue weighted by atomic mass is 16.5. The molecule has 4 heteroatoms. The van der Waals surface area contributed by atoms with E-state index in [1.54, 1.807) is 0 Å². The third-order valence-corrected chi connectivity index (χ3v) is 3.28. The Hall–Kier alpha value is -2.07. The van der Waals surface area contributed by atoms with Crippen LogP contribution in [-0.4, -0.2) is 11.1 Å². The molecule has 0 amide bonds. The molecule has 0 atom stereocenters. The molecule has 2 aromatic rings. The van der Waals surface area contributed by atoms with Crippen LogP contribution in [0.3, 0.4) is 0 Å². The van der Waals surface area contributed by atoms with Crippen molar-refractivity contribution in [1.29, 1.82) is 0 Å². The van der Waals surface area contributed by atoms with E-state index in [0.717, 1.165) is 23.7 Å². The molecule has 1 aromatic carbocycles. The zero-order chi connectivity index (χ0) is 13.9. The SMILES string of the molecule is CC(C)OCc1ccc2c(c1)NCc1cccnc1N2. The van der Waals surface area contributed by atoms with Gasteiger partial charge in [0.05, 0.1) is 24.1 Å². The van der Waals surface area contributed by atoms with E-state index in [9.17, 15) is 0 Å². The summed E-state index contributed by atoms with van der Waals surface area (Å²) in [5.41, 5.74) is 4.48. The van der Waals surface area contributed by atoms with Crippen LogP contribution < -0.4 is 10.6 Å². The number of anilines is 3. The number of aromatic nitrogens is 1. The van der Waals surface area contributed by atoms with Crippen molar-refractivity contribution < 1.29 is 4.74 Å². The van der Waals surface area contributed by atoms with E-state index in [2.05, 4.69) is 39.9 Å². The topological polar surface area (TPSA) is 46.2 Å². The highest BCUT2D eigenvalue weighted by Gasteiger charge is 2.13. The van der Waals surface area contributed by atoms with E-state index in [1.165, 1.54) is 11.1 Å². The average molecular weight is 269 g/mol. The van der Waals surface area contributed by atoms with Gasteiger partial charge in [-0.3, -0.25) is 0 Å². The van der Waals surface area contributed by atoms with Crippen molar-refractivity contribution in [3.05, 3.63) is 47.7 Å². The number of ether oxygens (including phenoxy) is 1. The normalized spacial score (nSPS) is 12.9. The summed E-state index contributed by atoms with van der Waals surface area (Å²) in [7, 11) is 0. The Morgan fingerprint density at radius 3 is 3.00 bits per heavy atom. The number of nitrogens with zero attached hydrogens (tertiary/aromatic N) is 1. The van der Waals surface area contributed by atoms with E-state index in [1.807, 2.05) is 26.1 Å². The van der Waals surface area contributed by atoms with Crippen LogP contribution >= 0.6 is 0 Å². The number of hydrogen-bond acceptors (Lipinski definition) is 4. The van der Waals surface area contributed by atoms with Crippen molar-refractivity contribution in [2.24, 2.45) is 0 Å². The van der Waals surface area contributed by atoms with Crippen molar-refractivity contribution in [1.82, 2.24) is 4.98 Å². The summed E-state index contributed by atoms with van der Waals surface area (Å²) in [5.74, 6) is 0.921. The first kappa shape index (κ1) is 12.9. The van der Waals surface area contributed by atoms with Gasteiger partial charge in [0.2, 0.25) is 0 Å². The molecular weight excluding hydrogens is 250 g/mol. The summed E-state index contributed by atoms with van der Waals surface area (Å²) in [6.45, 7) is 5.51. The summed E-state index contributed by atoms with van der Waals surface area (Å²) in [6.07, 6.45) is 2.05. The van der Waals surface area contributed by atoms with E-state index in [4.69, 9.17) is 4.74 Å². The van der Waals surface area contributed by atoms with Gasteiger partial charge in [0.1, 0.15) is 5.82 Å². The maximum atomic E-state index is 5.65. The maximum Gasteiger partial charge on any atom is 0.135 e. The molecule has 20 heavy (non-hydrogen) atoms. The van der Waals surface area contributed by atoms with E-state index in [0.29, 0.717) is 6.61 Å². The summed E-state index contributed by atoms with van der Waals surface area (Å²) in [4.78, 5) is 4.38. The van der Waals surface area contributed by atoms with Crippen molar-refractivity contribution in [2.75, 3.05) is 10.6 Å². The minimum Gasteiger partial charge on any atom is -0.379 e. The Morgan fingerprint density at radius 2 is 2.15 bits per heavy atom. The lowest BCUT2D eigenvalue weighted by atomic mass is 10.2. The molecule has 1 aromatic heterocycles. The van der Waals surface area contributed by atoms with Crippen molar-refractivity contribution >= 4 is 17.2 Å². The van der Waals surface area contributed by atoms with Crippen molar-refractivity contribution in [2.45, 2.75) is 33.1 Å². The van der Waals surface area contributed by atoms with Crippen molar-refractivity contribution in [3.63, 3.8) is 0 Å². The fourth-order valence-corrected chi connectivity index (χ4v) is 2.21. The fourth-order valence-electron chi connectivity index (χ4n) is 2.21. The third-order valence-electron chi connectivity index (χ3n) is 3.28. The summed E-state index contributed by atoms with van der Waals surface area (Å²) >= 11 is 0. The first-order valence-electron chi connectivity index (χ1n) is 6.91. The molecule has 0 fully saturated rings. The molecule has 2 N–H and O–H groups in total. The molecule has 4 nitrogen and oxygen atoms in total. The molecule has 0 bridgehead atoms. The number of fused-ring (bicyclic) bond motifs is 2. The summed E-state index contributed by atoms with van der Waals surface area (Å²) in [5, 5.41) is 6.83. The van der Waals surface area contributed by atoms with Gasteiger partial charge in [-0.15, -0.1) is 0 Å². The second kappa shape index (κ2) is 5.51. The molecule has 3 rings (SSSR count). The fraction of sp³-hybridized carbons (Fsp3) is 0.312. The maximum absolute atomic E-state index is 5.65. The monoisotopic (exact) mass is 269 g/mol. The molecule has 0 spiro atoms. The largest absolute Gasteiger partial charge is 0.379 e. The van der Waals surface area contributed by atoms with Crippen LogP contribution in [0.2, 0.25) is 0 Å². The molecule has 0 unspecified atom stereocenters. The lowest BCUT2D eigenvalue weighted by Crippen LogP contribution is -2.03. The van der Waals surface area contributed by atoms with Gasteiger partial charge in [0.25, 0.3) is 0 Å². The van der Waals surface area contributed by atoms with Crippen LogP contribution in [0.1, 0.15) is 25.0 Å². The Balaban J connectivity index is 1.84. The molecule has 104 valence electrons. The number of rotatable bonds is 3. The number of hydrogen-bond donors (Lipinski definition) is 2. The molecule has 0 radical (unpaired) electrons. The highest BCUT2D eigenvalue weighted by molar-refractivity contribution is 5.77. The molecule has 0 saturated heterocycles. The minimum atomic E-state index is 0.244. The van der Waals surface area contributed by atoms with Gasteiger partial charge in [-0.05, 0) is 37.6 Å². The Kier molecular flexibility index (Phi) is 3.56. The first-order chi connectivity index (χ1) is 9.72. The Morgan fingerprint density at radius 1 is 1.25 bits per heavy atom. The lowest BCUT2D eigenvalue weighted by Gasteiger charge is -2.12. The van der Waals surface area contributed by atoms with Gasteiger partial charge in [-0.2, -0.15) is 0 Å². The van der Waals surface area contributed by atoms with E-state index in [-0.39, 0.29) is 6.10 Å². The standard InChI is InChI=1S/C16H19N3O/c1-11(2)20-10-12-5-6-14-15(8-12)18-9-13-4-3-7-17-16(13)19-14/h3-8,11,18H,9-10H2,1-2H3,(H,17,19). The predicted molar refractivity (Wildman–Crippen MR) is 81.2 cm³/mol. The van der Waals surface area contributed by atoms with Crippen LogP contribution in [0.15, 0.2) is 36.5 Å². The van der Waals surface area contributed by atoms with Crippen LogP contribution in [0.5, 0.6) is 0 Å². The molecule has 1 aliphatic rings. The van der Waals surface area contributed by atoms with E-state index < -0.39 is 0 Å². The summed E-state index contributed by atoms with van der Waals surface area (Å²) < 4.78 is 5.65. The van der Waals surface area contributed by atoms with Gasteiger partial charge in [0.15, 0.2) is 0 Å². The van der Waals surface area contributed by atoms with Crippen LogP contribution in [0, 0.1) is 0 Å². The van der Waals surface area contributed by atoms with Crippen LogP contribution in [-0.2, 0) is 17.9 Å². The summed E-state index contributed by atoms with van der Waals surface area (Å²) in [6, 6.07) is 10.3. The number of benzene rings is 1. The molecule has 1 aliphatic heterocycles. The highest BCUT2D eigenvalue weighted by Crippen LogP contribution is 2.31. The smallest absolute Gasteiger partial charge is 0.135 e. The molecule has 0 saturated carbocycles. The quantitative estimate of drug-likeness (QED) is 0.892. The molecule has 2 heterocycles. The first-order valence-corrected chi connectivity index (χ1v) is 6.91. The average Bonchev–Trinajstić information content (AvgIpc) is 2.63. The van der Waals surface area contributed by atoms with Gasteiger partial charge < -0.3 is 15.4 Å². The predicted octanol–water partition coefficient (Wildman–Crippen LogP) is 3.68. The number of pyridine rings is 1. The van der Waals surface area contributed by atoms with Gasteiger partial charge in [-0.25, -0.2) is 4.98 Å². The Labute approximate surface area is 119 Å². The van der Waals surface area contributed by atoms with Crippen molar-refractivity contribution in [3.8, 4) is 0 Å². The lowest BCUT2D eigenvalue weighted by molar-refractivity contribution is 0.0657. The molecular formula is C16H19N3O. The van der Waals surface area contributed by atoms with E-state index >= 15 is 0 Å². The molecule has 0 aliphatic carbocycles. The second-order valence-corrected chi connectivity index (χ2v) is 5.23. The van der Waals surface area contributed by atoms with Gasteiger partial charge in [-0.1, -0.05) is 12.1 Å². The second-order valence-electron chi connectivity index (χ2n) is 5.23. The third kappa shape index (κ3) is 2.75. The van der Waals surface area contributed by atoms with Crippen LogP contribution in [0.4, 0.5) is 17.2 Å². The Bertz CT molecular complexity index is 610.